The number of fused-ring (bicyclic) bond motifs is 2. The second-order valence-electron chi connectivity index (χ2n) is 9.50. The fourth-order valence-corrected chi connectivity index (χ4v) is 5.38. The van der Waals surface area contributed by atoms with E-state index in [0.29, 0.717) is 11.6 Å². The van der Waals surface area contributed by atoms with E-state index in [0.717, 1.165) is 36.6 Å². The first kappa shape index (κ1) is 24.5. The minimum Gasteiger partial charge on any atom is -0.341 e. The van der Waals surface area contributed by atoms with Gasteiger partial charge in [0.1, 0.15) is 11.6 Å². The summed E-state index contributed by atoms with van der Waals surface area (Å²) in [5.41, 5.74) is -1.81. The van der Waals surface area contributed by atoms with Crippen LogP contribution in [0.4, 0.5) is 30.7 Å². The van der Waals surface area contributed by atoms with Gasteiger partial charge in [0, 0.05) is 17.5 Å². The smallest absolute Gasteiger partial charge is 0.341 e. The molecule has 36 heavy (non-hydrogen) atoms. The lowest BCUT2D eigenvalue weighted by molar-refractivity contribution is -0.142. The average Bonchev–Trinajstić information content (AvgIpc) is 3.25. The molecular formula is C26H22F7N3. The van der Waals surface area contributed by atoms with Crippen LogP contribution in [0.25, 0.3) is 21.9 Å². The van der Waals surface area contributed by atoms with Gasteiger partial charge in [-0.3, -0.25) is 4.98 Å². The Balaban J connectivity index is 1.40. The lowest BCUT2D eigenvalue weighted by Gasteiger charge is -2.32. The SMILES string of the molecule is C[C@@H](c1nc2cc(C(F)(F)F)cc(C(F)(F)F)c2[nH]1)C1CCC(c2ccnc3ccc(F)cc23)CC1. The summed E-state index contributed by atoms with van der Waals surface area (Å²) in [4.78, 5) is 11.1. The van der Waals surface area contributed by atoms with E-state index in [9.17, 15) is 30.7 Å². The van der Waals surface area contributed by atoms with Gasteiger partial charge in [0.05, 0.1) is 27.7 Å². The number of benzene rings is 2. The number of hydrogen-bond donors (Lipinski definition) is 1. The molecule has 0 unspecified atom stereocenters. The van der Waals surface area contributed by atoms with E-state index in [-0.39, 0.29) is 41.0 Å². The van der Waals surface area contributed by atoms with Crippen molar-refractivity contribution in [3.8, 4) is 0 Å². The molecule has 0 spiro atoms. The van der Waals surface area contributed by atoms with Crippen molar-refractivity contribution < 1.29 is 30.7 Å². The zero-order valence-electron chi connectivity index (χ0n) is 19.1. The molecule has 1 fully saturated rings. The molecule has 190 valence electrons. The van der Waals surface area contributed by atoms with Crippen LogP contribution in [0.3, 0.4) is 0 Å². The third-order valence-electron chi connectivity index (χ3n) is 7.33. The van der Waals surface area contributed by atoms with Gasteiger partial charge >= 0.3 is 12.4 Å². The number of pyridine rings is 1. The zero-order valence-corrected chi connectivity index (χ0v) is 19.1. The van der Waals surface area contributed by atoms with Gasteiger partial charge in [-0.15, -0.1) is 0 Å². The normalized spacial score (nSPS) is 20.2. The molecule has 3 nitrogen and oxygen atoms in total. The van der Waals surface area contributed by atoms with Crippen LogP contribution >= 0.6 is 0 Å². The van der Waals surface area contributed by atoms with E-state index in [1.807, 2.05) is 13.0 Å². The number of nitrogens with one attached hydrogen (secondary N) is 1. The third kappa shape index (κ3) is 4.53. The van der Waals surface area contributed by atoms with Gasteiger partial charge in [0.25, 0.3) is 0 Å². The lowest BCUT2D eigenvalue weighted by atomic mass is 9.73. The molecular weight excluding hydrogens is 487 g/mol. The van der Waals surface area contributed by atoms with Crippen LogP contribution in [-0.2, 0) is 12.4 Å². The minimum absolute atomic E-state index is 0.0862. The molecule has 1 aliphatic carbocycles. The summed E-state index contributed by atoms with van der Waals surface area (Å²) in [5, 5.41) is 0.770. The summed E-state index contributed by atoms with van der Waals surface area (Å²) >= 11 is 0. The fraction of sp³-hybridized carbons (Fsp3) is 0.385. The number of H-pyrrole nitrogens is 1. The summed E-state index contributed by atoms with van der Waals surface area (Å²) in [5.74, 6) is -0.100. The largest absolute Gasteiger partial charge is 0.418 e. The van der Waals surface area contributed by atoms with Crippen molar-refractivity contribution in [3.63, 3.8) is 0 Å². The van der Waals surface area contributed by atoms with Gasteiger partial charge in [-0.2, -0.15) is 26.3 Å². The van der Waals surface area contributed by atoms with Crippen molar-refractivity contribution in [1.29, 1.82) is 0 Å². The van der Waals surface area contributed by atoms with Gasteiger partial charge in [-0.1, -0.05) is 6.92 Å². The zero-order chi connectivity index (χ0) is 25.8. The van der Waals surface area contributed by atoms with E-state index in [4.69, 9.17) is 0 Å². The van der Waals surface area contributed by atoms with Crippen LogP contribution in [0.1, 0.15) is 67.0 Å². The minimum atomic E-state index is -4.96. The Morgan fingerprint density at radius 1 is 0.889 bits per heavy atom. The first-order valence-electron chi connectivity index (χ1n) is 11.6. The van der Waals surface area contributed by atoms with Crippen LogP contribution in [0.5, 0.6) is 0 Å². The second-order valence-corrected chi connectivity index (χ2v) is 9.50. The molecule has 5 rings (SSSR count). The fourth-order valence-electron chi connectivity index (χ4n) is 5.38. The molecule has 2 aromatic heterocycles. The molecule has 10 heteroatoms. The van der Waals surface area contributed by atoms with Crippen LogP contribution in [0.2, 0.25) is 0 Å². The molecule has 0 bridgehead atoms. The van der Waals surface area contributed by atoms with Gasteiger partial charge in [0.15, 0.2) is 0 Å². The van der Waals surface area contributed by atoms with E-state index >= 15 is 0 Å². The highest BCUT2D eigenvalue weighted by Gasteiger charge is 2.39. The van der Waals surface area contributed by atoms with Crippen molar-refractivity contribution in [2.24, 2.45) is 5.92 Å². The first-order chi connectivity index (χ1) is 16.9. The Morgan fingerprint density at radius 2 is 1.61 bits per heavy atom. The molecule has 1 saturated carbocycles. The summed E-state index contributed by atoms with van der Waals surface area (Å²) < 4.78 is 94.1. The topological polar surface area (TPSA) is 41.6 Å². The molecule has 2 aromatic carbocycles. The molecule has 1 N–H and O–H groups in total. The molecule has 0 radical (unpaired) electrons. The predicted molar refractivity (Wildman–Crippen MR) is 121 cm³/mol. The molecule has 2 heterocycles. The number of aromatic amines is 1. The predicted octanol–water partition coefficient (Wildman–Crippen LogP) is 8.37. The summed E-state index contributed by atoms with van der Waals surface area (Å²) in [6.45, 7) is 1.83. The molecule has 1 atom stereocenters. The standard InChI is InChI=1S/C26H22F7N3/c1-13(24-35-22-11-16(25(28,29)30)10-20(23(22)36-24)26(31,32)33)14-2-4-15(5-3-14)18-8-9-34-21-7-6-17(27)12-19(18)21/h6-15H,2-5H2,1H3,(H,35,36)/t13-,14?,15?/m1/s1. The van der Waals surface area contributed by atoms with Crippen LogP contribution in [0.15, 0.2) is 42.6 Å². The highest BCUT2D eigenvalue weighted by atomic mass is 19.4. The monoisotopic (exact) mass is 509 g/mol. The highest BCUT2D eigenvalue weighted by Crippen LogP contribution is 2.44. The van der Waals surface area contributed by atoms with Crippen molar-refractivity contribution in [2.75, 3.05) is 0 Å². The number of hydrogen-bond acceptors (Lipinski definition) is 2. The Hall–Kier alpha value is -3.17. The summed E-state index contributed by atoms with van der Waals surface area (Å²) in [7, 11) is 0. The van der Waals surface area contributed by atoms with E-state index in [1.54, 1.807) is 12.3 Å². The number of nitrogens with zero attached hydrogens (tertiary/aromatic N) is 2. The number of imidazole rings is 1. The number of rotatable bonds is 3. The van der Waals surface area contributed by atoms with Gasteiger partial charge in [0.2, 0.25) is 0 Å². The van der Waals surface area contributed by atoms with Crippen LogP contribution in [0, 0.1) is 11.7 Å². The number of aromatic nitrogens is 3. The average molecular weight is 509 g/mol. The van der Waals surface area contributed by atoms with E-state index < -0.39 is 29.0 Å². The lowest BCUT2D eigenvalue weighted by Crippen LogP contribution is -2.19. The first-order valence-corrected chi connectivity index (χ1v) is 11.6. The molecule has 0 amide bonds. The summed E-state index contributed by atoms with van der Waals surface area (Å²) in [6, 6.07) is 7.17. The van der Waals surface area contributed by atoms with Crippen molar-refractivity contribution in [3.05, 3.63) is 70.9 Å². The van der Waals surface area contributed by atoms with Gasteiger partial charge < -0.3 is 4.98 Å². The summed E-state index contributed by atoms with van der Waals surface area (Å²) in [6.07, 6.45) is -5.10. The maximum Gasteiger partial charge on any atom is 0.418 e. The Bertz CT molecular complexity index is 1410. The third-order valence-corrected chi connectivity index (χ3v) is 7.33. The Labute approximate surface area is 201 Å². The van der Waals surface area contributed by atoms with Gasteiger partial charge in [-0.25, -0.2) is 9.37 Å². The Morgan fingerprint density at radius 3 is 2.28 bits per heavy atom. The van der Waals surface area contributed by atoms with Crippen LogP contribution < -0.4 is 0 Å². The molecule has 4 aromatic rings. The maximum atomic E-state index is 13.8. The number of halogens is 7. The maximum absolute atomic E-state index is 13.8. The van der Waals surface area contributed by atoms with E-state index in [2.05, 4.69) is 15.0 Å². The molecule has 0 aliphatic heterocycles. The van der Waals surface area contributed by atoms with Crippen LogP contribution in [-0.4, -0.2) is 15.0 Å². The van der Waals surface area contributed by atoms with Crippen molar-refractivity contribution >= 4 is 21.9 Å². The highest BCUT2D eigenvalue weighted by molar-refractivity contribution is 5.83. The molecule has 0 saturated heterocycles. The Kier molecular flexibility index (Phi) is 5.95. The molecule has 1 aliphatic rings. The van der Waals surface area contributed by atoms with Gasteiger partial charge in [-0.05, 0) is 79.5 Å². The second kappa shape index (κ2) is 8.74. The van der Waals surface area contributed by atoms with Crippen molar-refractivity contribution in [2.45, 2.75) is 56.8 Å². The van der Waals surface area contributed by atoms with Crippen molar-refractivity contribution in [1.82, 2.24) is 15.0 Å². The number of alkyl halides is 6. The quantitative estimate of drug-likeness (QED) is 0.282. The van der Waals surface area contributed by atoms with E-state index in [1.165, 1.54) is 12.1 Å².